The summed E-state index contributed by atoms with van der Waals surface area (Å²) in [5, 5.41) is 2.90. The number of thioether (sulfide) groups is 1. The standard InChI is InChI=1S/C19H34N4O5S/c1-19(2,3)28-18(26)23-8-6-21(7-9-23)5-4-20-16(24)14-29-15-17(25)22-10-12-27-13-11-22/h4-15H2,1-3H3,(H,20,24). The van der Waals surface area contributed by atoms with Crippen molar-refractivity contribution in [2.75, 3.05) is 77.1 Å². The molecule has 3 amide bonds. The molecule has 0 bridgehead atoms. The van der Waals surface area contributed by atoms with Crippen LogP contribution in [-0.2, 0) is 19.1 Å². The van der Waals surface area contributed by atoms with E-state index in [2.05, 4.69) is 10.2 Å². The fraction of sp³-hybridized carbons (Fsp3) is 0.842. The van der Waals surface area contributed by atoms with Crippen molar-refractivity contribution in [2.45, 2.75) is 26.4 Å². The zero-order valence-electron chi connectivity index (χ0n) is 17.8. The predicted molar refractivity (Wildman–Crippen MR) is 112 cm³/mol. The molecule has 2 heterocycles. The highest BCUT2D eigenvalue weighted by Crippen LogP contribution is 2.11. The topological polar surface area (TPSA) is 91.4 Å². The highest BCUT2D eigenvalue weighted by molar-refractivity contribution is 8.00. The number of rotatable bonds is 7. The maximum atomic E-state index is 12.1. The third-order valence-electron chi connectivity index (χ3n) is 4.60. The smallest absolute Gasteiger partial charge is 0.410 e. The van der Waals surface area contributed by atoms with Crippen LogP contribution in [0, 0.1) is 0 Å². The Balaban J connectivity index is 1.52. The van der Waals surface area contributed by atoms with Gasteiger partial charge in [0.1, 0.15) is 5.60 Å². The number of piperazine rings is 1. The summed E-state index contributed by atoms with van der Waals surface area (Å²) in [4.78, 5) is 41.8. The average molecular weight is 431 g/mol. The van der Waals surface area contributed by atoms with Crippen molar-refractivity contribution in [1.82, 2.24) is 20.0 Å². The van der Waals surface area contributed by atoms with Gasteiger partial charge < -0.3 is 24.6 Å². The van der Waals surface area contributed by atoms with Gasteiger partial charge in [0, 0.05) is 52.4 Å². The first-order valence-corrected chi connectivity index (χ1v) is 11.3. The lowest BCUT2D eigenvalue weighted by molar-refractivity contribution is -0.132. The molecule has 166 valence electrons. The number of ether oxygens (including phenoxy) is 2. The second-order valence-corrected chi connectivity index (χ2v) is 9.13. The van der Waals surface area contributed by atoms with Gasteiger partial charge in [0.25, 0.3) is 0 Å². The van der Waals surface area contributed by atoms with Crippen molar-refractivity contribution in [2.24, 2.45) is 0 Å². The van der Waals surface area contributed by atoms with E-state index >= 15 is 0 Å². The van der Waals surface area contributed by atoms with Gasteiger partial charge in [0.15, 0.2) is 0 Å². The lowest BCUT2D eigenvalue weighted by Crippen LogP contribution is -2.51. The van der Waals surface area contributed by atoms with E-state index in [9.17, 15) is 14.4 Å². The summed E-state index contributed by atoms with van der Waals surface area (Å²) < 4.78 is 10.6. The van der Waals surface area contributed by atoms with Crippen LogP contribution in [-0.4, -0.2) is 115 Å². The molecule has 2 aliphatic heterocycles. The molecule has 0 atom stereocenters. The molecule has 29 heavy (non-hydrogen) atoms. The first kappa shape index (κ1) is 23.8. The third kappa shape index (κ3) is 9.22. The van der Waals surface area contributed by atoms with E-state index in [1.54, 1.807) is 9.80 Å². The Morgan fingerprint density at radius 3 is 2.24 bits per heavy atom. The number of morpholine rings is 1. The van der Waals surface area contributed by atoms with Gasteiger partial charge in [0.2, 0.25) is 11.8 Å². The number of hydrogen-bond acceptors (Lipinski definition) is 7. The largest absolute Gasteiger partial charge is 0.444 e. The predicted octanol–water partition coefficient (Wildman–Crippen LogP) is 0.247. The lowest BCUT2D eigenvalue weighted by Gasteiger charge is -2.35. The summed E-state index contributed by atoms with van der Waals surface area (Å²) in [5.41, 5.74) is -0.483. The summed E-state index contributed by atoms with van der Waals surface area (Å²) in [5.74, 6) is 0.605. The van der Waals surface area contributed by atoms with Crippen LogP contribution in [0.4, 0.5) is 4.79 Å². The van der Waals surface area contributed by atoms with Gasteiger partial charge in [-0.25, -0.2) is 4.79 Å². The highest BCUT2D eigenvalue weighted by atomic mass is 32.2. The van der Waals surface area contributed by atoms with Crippen molar-refractivity contribution in [3.63, 3.8) is 0 Å². The molecule has 0 aliphatic carbocycles. The number of nitrogens with zero attached hydrogens (tertiary/aromatic N) is 3. The first-order valence-electron chi connectivity index (χ1n) is 10.1. The molecule has 0 saturated carbocycles. The van der Waals surface area contributed by atoms with Crippen molar-refractivity contribution >= 4 is 29.7 Å². The molecule has 0 aromatic carbocycles. The van der Waals surface area contributed by atoms with E-state index in [1.807, 2.05) is 20.8 Å². The van der Waals surface area contributed by atoms with E-state index in [4.69, 9.17) is 9.47 Å². The zero-order valence-corrected chi connectivity index (χ0v) is 18.6. The molecular formula is C19H34N4O5S. The monoisotopic (exact) mass is 430 g/mol. The maximum absolute atomic E-state index is 12.1. The van der Waals surface area contributed by atoms with Gasteiger partial charge in [-0.1, -0.05) is 0 Å². The van der Waals surface area contributed by atoms with Gasteiger partial charge in [-0.2, -0.15) is 0 Å². The summed E-state index contributed by atoms with van der Waals surface area (Å²) in [7, 11) is 0. The number of amides is 3. The molecule has 0 spiro atoms. The molecule has 2 fully saturated rings. The molecule has 0 aromatic rings. The number of carbonyl (C=O) groups excluding carboxylic acids is 3. The molecular weight excluding hydrogens is 396 g/mol. The number of nitrogens with one attached hydrogen (secondary N) is 1. The number of carbonyl (C=O) groups is 3. The average Bonchev–Trinajstić information content (AvgIpc) is 2.68. The van der Waals surface area contributed by atoms with Gasteiger partial charge in [0.05, 0.1) is 24.7 Å². The van der Waals surface area contributed by atoms with Crippen LogP contribution in [0.15, 0.2) is 0 Å². The Morgan fingerprint density at radius 1 is 0.966 bits per heavy atom. The Hall–Kier alpha value is -1.52. The summed E-state index contributed by atoms with van der Waals surface area (Å²) >= 11 is 1.34. The van der Waals surface area contributed by atoms with Crippen molar-refractivity contribution < 1.29 is 23.9 Å². The Bertz CT molecular complexity index is 555. The SMILES string of the molecule is CC(C)(C)OC(=O)N1CCN(CCNC(=O)CSCC(=O)N2CCOCC2)CC1. The van der Waals surface area contributed by atoms with Gasteiger partial charge in [-0.3, -0.25) is 14.5 Å². The van der Waals surface area contributed by atoms with Crippen LogP contribution in [0.1, 0.15) is 20.8 Å². The molecule has 2 rings (SSSR count). The van der Waals surface area contributed by atoms with Crippen molar-refractivity contribution in [3.8, 4) is 0 Å². The fourth-order valence-electron chi connectivity index (χ4n) is 3.02. The first-order chi connectivity index (χ1) is 13.7. The normalized spacial score (nSPS) is 18.4. The zero-order chi connectivity index (χ0) is 21.3. The second kappa shape index (κ2) is 11.6. The maximum Gasteiger partial charge on any atom is 0.410 e. The Kier molecular flexibility index (Phi) is 9.51. The van der Waals surface area contributed by atoms with Crippen LogP contribution in [0.5, 0.6) is 0 Å². The number of hydrogen-bond donors (Lipinski definition) is 1. The summed E-state index contributed by atoms with van der Waals surface area (Å²) in [6, 6.07) is 0. The molecule has 0 unspecified atom stereocenters. The van der Waals surface area contributed by atoms with E-state index in [1.165, 1.54) is 11.8 Å². The van der Waals surface area contributed by atoms with Crippen LogP contribution in [0.3, 0.4) is 0 Å². The highest BCUT2D eigenvalue weighted by Gasteiger charge is 2.25. The van der Waals surface area contributed by atoms with E-state index in [0.29, 0.717) is 51.7 Å². The molecule has 0 radical (unpaired) electrons. The van der Waals surface area contributed by atoms with E-state index < -0.39 is 5.60 Å². The second-order valence-electron chi connectivity index (χ2n) is 8.14. The molecule has 2 saturated heterocycles. The minimum atomic E-state index is -0.483. The van der Waals surface area contributed by atoms with Crippen LogP contribution >= 0.6 is 11.8 Å². The summed E-state index contributed by atoms with van der Waals surface area (Å²) in [6.45, 7) is 12.1. The lowest BCUT2D eigenvalue weighted by atomic mass is 10.2. The minimum Gasteiger partial charge on any atom is -0.444 e. The fourth-order valence-corrected chi connectivity index (χ4v) is 3.77. The van der Waals surface area contributed by atoms with E-state index in [-0.39, 0.29) is 23.7 Å². The molecule has 10 heteroatoms. The Morgan fingerprint density at radius 2 is 1.62 bits per heavy atom. The molecule has 1 N–H and O–H groups in total. The molecule has 0 aromatic heterocycles. The van der Waals surface area contributed by atoms with Gasteiger partial charge >= 0.3 is 6.09 Å². The van der Waals surface area contributed by atoms with Gasteiger partial charge in [-0.05, 0) is 20.8 Å². The third-order valence-corrected chi connectivity index (χ3v) is 5.51. The van der Waals surface area contributed by atoms with E-state index in [0.717, 1.165) is 19.6 Å². The van der Waals surface area contributed by atoms with Crippen LogP contribution in [0.25, 0.3) is 0 Å². The van der Waals surface area contributed by atoms with Crippen LogP contribution in [0.2, 0.25) is 0 Å². The Labute approximate surface area is 177 Å². The van der Waals surface area contributed by atoms with Crippen molar-refractivity contribution in [3.05, 3.63) is 0 Å². The minimum absolute atomic E-state index is 0.0582. The quantitative estimate of drug-likeness (QED) is 0.619. The summed E-state index contributed by atoms with van der Waals surface area (Å²) in [6.07, 6.45) is -0.269. The van der Waals surface area contributed by atoms with Crippen LogP contribution < -0.4 is 5.32 Å². The van der Waals surface area contributed by atoms with Crippen molar-refractivity contribution in [1.29, 1.82) is 0 Å². The molecule has 9 nitrogen and oxygen atoms in total. The molecule has 2 aliphatic rings. The van der Waals surface area contributed by atoms with Gasteiger partial charge in [-0.15, -0.1) is 11.8 Å².